The van der Waals surface area contributed by atoms with Crippen molar-refractivity contribution in [1.82, 2.24) is 4.98 Å². The number of anilines is 2. The molecule has 5 heteroatoms. The highest BCUT2D eigenvalue weighted by molar-refractivity contribution is 6.31. The Labute approximate surface area is 110 Å². The van der Waals surface area contributed by atoms with Crippen molar-refractivity contribution in [2.24, 2.45) is 5.73 Å². The van der Waals surface area contributed by atoms with E-state index in [1.165, 1.54) is 4.90 Å². The Morgan fingerprint density at radius 1 is 1.22 bits per heavy atom. The van der Waals surface area contributed by atoms with Crippen molar-refractivity contribution in [3.63, 3.8) is 0 Å². The first kappa shape index (κ1) is 12.4. The molecule has 92 valence electrons. The number of rotatable bonds is 2. The van der Waals surface area contributed by atoms with Crippen LogP contribution in [0.25, 0.3) is 0 Å². The molecule has 1 aromatic carbocycles. The minimum Gasteiger partial charge on any atom is -0.351 e. The normalized spacial score (nSPS) is 10.1. The molecule has 1 aromatic heterocycles. The molecular weight excluding hydrogens is 250 g/mol. The Bertz CT molecular complexity index is 572. The molecule has 0 radical (unpaired) electrons. The van der Waals surface area contributed by atoms with E-state index in [2.05, 4.69) is 4.98 Å². The SMILES string of the molecule is Cc1ccc(N(C(N)=O)c2ccncc2)cc1Cl. The number of pyridine rings is 1. The number of hydrogen-bond acceptors (Lipinski definition) is 2. The monoisotopic (exact) mass is 261 g/mol. The van der Waals surface area contributed by atoms with Crippen molar-refractivity contribution < 1.29 is 4.79 Å². The van der Waals surface area contributed by atoms with Crippen molar-refractivity contribution in [2.45, 2.75) is 6.92 Å². The van der Waals surface area contributed by atoms with E-state index >= 15 is 0 Å². The molecule has 0 unspecified atom stereocenters. The van der Waals surface area contributed by atoms with Crippen LogP contribution in [0.15, 0.2) is 42.7 Å². The zero-order valence-corrected chi connectivity index (χ0v) is 10.6. The number of carbonyl (C=O) groups excluding carboxylic acids is 1. The second kappa shape index (κ2) is 5.06. The second-order valence-corrected chi connectivity index (χ2v) is 4.22. The van der Waals surface area contributed by atoms with E-state index in [0.717, 1.165) is 5.56 Å². The molecule has 0 aliphatic heterocycles. The van der Waals surface area contributed by atoms with Crippen LogP contribution in [0.4, 0.5) is 16.2 Å². The molecule has 0 spiro atoms. The third-order valence-electron chi connectivity index (χ3n) is 2.55. The minimum atomic E-state index is -0.568. The largest absolute Gasteiger partial charge is 0.351 e. The van der Waals surface area contributed by atoms with E-state index in [-0.39, 0.29) is 0 Å². The van der Waals surface area contributed by atoms with Gasteiger partial charge in [0.15, 0.2) is 0 Å². The second-order valence-electron chi connectivity index (χ2n) is 3.81. The Balaban J connectivity index is 2.49. The average Bonchev–Trinajstić information content (AvgIpc) is 2.35. The molecule has 1 heterocycles. The molecular formula is C13H12ClN3O. The molecule has 0 aliphatic carbocycles. The first-order chi connectivity index (χ1) is 8.59. The van der Waals surface area contributed by atoms with Gasteiger partial charge in [-0.3, -0.25) is 9.88 Å². The topological polar surface area (TPSA) is 59.2 Å². The summed E-state index contributed by atoms with van der Waals surface area (Å²) in [5, 5.41) is 0.591. The van der Waals surface area contributed by atoms with Crippen LogP contribution in [-0.2, 0) is 0 Å². The Morgan fingerprint density at radius 2 is 1.89 bits per heavy atom. The summed E-state index contributed by atoms with van der Waals surface area (Å²) in [4.78, 5) is 16.9. The number of aromatic nitrogens is 1. The van der Waals surface area contributed by atoms with Gasteiger partial charge >= 0.3 is 6.03 Å². The van der Waals surface area contributed by atoms with Gasteiger partial charge in [-0.1, -0.05) is 17.7 Å². The summed E-state index contributed by atoms with van der Waals surface area (Å²) in [7, 11) is 0. The van der Waals surface area contributed by atoms with Gasteiger partial charge in [0, 0.05) is 17.4 Å². The van der Waals surface area contributed by atoms with Crippen LogP contribution in [0.3, 0.4) is 0 Å². The van der Waals surface area contributed by atoms with Crippen molar-refractivity contribution in [3.05, 3.63) is 53.3 Å². The van der Waals surface area contributed by atoms with Crippen LogP contribution in [0.2, 0.25) is 5.02 Å². The molecule has 0 bridgehead atoms. The highest BCUT2D eigenvalue weighted by atomic mass is 35.5. The van der Waals surface area contributed by atoms with Gasteiger partial charge in [-0.15, -0.1) is 0 Å². The summed E-state index contributed by atoms with van der Waals surface area (Å²) >= 11 is 6.06. The lowest BCUT2D eigenvalue weighted by Gasteiger charge is -2.20. The van der Waals surface area contributed by atoms with Crippen molar-refractivity contribution in [2.75, 3.05) is 4.90 Å². The molecule has 18 heavy (non-hydrogen) atoms. The molecule has 0 fully saturated rings. The van der Waals surface area contributed by atoms with Gasteiger partial charge in [-0.25, -0.2) is 4.79 Å². The number of halogens is 1. The Morgan fingerprint density at radius 3 is 2.44 bits per heavy atom. The summed E-state index contributed by atoms with van der Waals surface area (Å²) in [6.07, 6.45) is 3.20. The lowest BCUT2D eigenvalue weighted by molar-refractivity contribution is 0.256. The van der Waals surface area contributed by atoms with E-state index in [4.69, 9.17) is 17.3 Å². The lowest BCUT2D eigenvalue weighted by Crippen LogP contribution is -2.31. The maximum absolute atomic E-state index is 11.6. The number of urea groups is 1. The highest BCUT2D eigenvalue weighted by Crippen LogP contribution is 2.28. The number of aryl methyl sites for hydroxylation is 1. The third kappa shape index (κ3) is 2.43. The lowest BCUT2D eigenvalue weighted by atomic mass is 10.2. The van der Waals surface area contributed by atoms with Crippen molar-refractivity contribution in [1.29, 1.82) is 0 Å². The molecule has 0 saturated heterocycles. The Hall–Kier alpha value is -2.07. The maximum Gasteiger partial charge on any atom is 0.323 e. The van der Waals surface area contributed by atoms with Crippen molar-refractivity contribution >= 4 is 29.0 Å². The number of hydrogen-bond donors (Lipinski definition) is 1. The van der Waals surface area contributed by atoms with Gasteiger partial charge in [-0.2, -0.15) is 0 Å². The van der Waals surface area contributed by atoms with E-state index in [0.29, 0.717) is 16.4 Å². The van der Waals surface area contributed by atoms with Gasteiger partial charge in [0.05, 0.1) is 11.4 Å². The van der Waals surface area contributed by atoms with E-state index in [1.54, 1.807) is 36.7 Å². The van der Waals surface area contributed by atoms with Crippen LogP contribution in [0.1, 0.15) is 5.56 Å². The number of nitrogens with zero attached hydrogens (tertiary/aromatic N) is 2. The van der Waals surface area contributed by atoms with Crippen LogP contribution in [0, 0.1) is 6.92 Å². The number of amides is 2. The summed E-state index contributed by atoms with van der Waals surface area (Å²) in [5.74, 6) is 0. The van der Waals surface area contributed by atoms with Crippen LogP contribution < -0.4 is 10.6 Å². The fraction of sp³-hybridized carbons (Fsp3) is 0.0769. The molecule has 2 rings (SSSR count). The molecule has 2 aromatic rings. The molecule has 0 aliphatic rings. The van der Waals surface area contributed by atoms with E-state index in [9.17, 15) is 4.79 Å². The van der Waals surface area contributed by atoms with Gasteiger partial charge < -0.3 is 5.73 Å². The summed E-state index contributed by atoms with van der Waals surface area (Å²) < 4.78 is 0. The summed E-state index contributed by atoms with van der Waals surface area (Å²) in [6.45, 7) is 1.90. The first-order valence-electron chi connectivity index (χ1n) is 5.35. The quantitative estimate of drug-likeness (QED) is 0.902. The fourth-order valence-corrected chi connectivity index (χ4v) is 1.79. The highest BCUT2D eigenvalue weighted by Gasteiger charge is 2.15. The van der Waals surface area contributed by atoms with Crippen molar-refractivity contribution in [3.8, 4) is 0 Å². The zero-order valence-electron chi connectivity index (χ0n) is 9.80. The van der Waals surface area contributed by atoms with E-state index in [1.807, 2.05) is 13.0 Å². The minimum absolute atomic E-state index is 0.568. The molecule has 0 atom stereocenters. The molecule has 2 amide bonds. The molecule has 2 N–H and O–H groups in total. The standard InChI is InChI=1S/C13H12ClN3O/c1-9-2-3-11(8-12(9)14)17(13(15)18)10-4-6-16-7-5-10/h2-8H,1H3,(H2,15,18). The van der Waals surface area contributed by atoms with Crippen LogP contribution in [0.5, 0.6) is 0 Å². The van der Waals surface area contributed by atoms with Gasteiger partial charge in [0.25, 0.3) is 0 Å². The van der Waals surface area contributed by atoms with Gasteiger partial charge in [-0.05, 0) is 36.8 Å². The smallest absolute Gasteiger partial charge is 0.323 e. The molecule has 0 saturated carbocycles. The average molecular weight is 262 g/mol. The first-order valence-corrected chi connectivity index (χ1v) is 5.73. The van der Waals surface area contributed by atoms with Crippen LogP contribution >= 0.6 is 11.6 Å². The predicted octanol–water partition coefficient (Wildman–Crippen LogP) is 3.26. The third-order valence-corrected chi connectivity index (χ3v) is 2.96. The molecule has 4 nitrogen and oxygen atoms in total. The maximum atomic E-state index is 11.6. The zero-order chi connectivity index (χ0) is 13.1. The van der Waals surface area contributed by atoms with E-state index < -0.39 is 6.03 Å². The number of primary amides is 1. The van der Waals surface area contributed by atoms with Gasteiger partial charge in [0.2, 0.25) is 0 Å². The number of carbonyl (C=O) groups is 1. The Kier molecular flexibility index (Phi) is 3.48. The fourth-order valence-electron chi connectivity index (χ4n) is 1.62. The summed E-state index contributed by atoms with van der Waals surface area (Å²) in [6, 6.07) is 8.20. The van der Waals surface area contributed by atoms with Gasteiger partial charge in [0.1, 0.15) is 0 Å². The number of nitrogens with two attached hydrogens (primary N) is 1. The van der Waals surface area contributed by atoms with Crippen LogP contribution in [-0.4, -0.2) is 11.0 Å². The number of benzene rings is 1. The predicted molar refractivity (Wildman–Crippen MR) is 72.1 cm³/mol. The summed E-state index contributed by atoms with van der Waals surface area (Å²) in [5.41, 5.74) is 7.64.